The summed E-state index contributed by atoms with van der Waals surface area (Å²) in [5.41, 5.74) is 3.73. The Hall–Kier alpha value is -3.84. The number of allylic oxidation sites excluding steroid dienone is 2. The normalized spacial score (nSPS) is 19.0. The van der Waals surface area contributed by atoms with Crippen molar-refractivity contribution in [1.29, 1.82) is 5.41 Å². The van der Waals surface area contributed by atoms with Gasteiger partial charge in [0.1, 0.15) is 23.1 Å². The van der Waals surface area contributed by atoms with Gasteiger partial charge in [-0.25, -0.2) is 0 Å². The molecule has 188 valence electrons. The lowest BCUT2D eigenvalue weighted by atomic mass is 9.73. The molecule has 0 radical (unpaired) electrons. The van der Waals surface area contributed by atoms with Gasteiger partial charge in [0.15, 0.2) is 5.78 Å². The first kappa shape index (κ1) is 24.8. The molecule has 6 nitrogen and oxygen atoms in total. The molecule has 5 rings (SSSR count). The first-order chi connectivity index (χ1) is 17.9. The number of amidine groups is 1. The van der Waals surface area contributed by atoms with Crippen molar-refractivity contribution in [2.24, 2.45) is 0 Å². The number of Topliss-reactive ketones (excluding diaryl/α,β-unsaturated/α-hetero) is 1. The first-order valence-corrected chi connectivity index (χ1v) is 12.8. The Balaban J connectivity index is 1.85. The van der Waals surface area contributed by atoms with E-state index in [0.29, 0.717) is 53.2 Å². The van der Waals surface area contributed by atoms with Crippen LogP contribution in [0.1, 0.15) is 36.3 Å². The lowest BCUT2D eigenvalue weighted by Crippen LogP contribution is -2.42. The predicted molar refractivity (Wildman–Crippen MR) is 149 cm³/mol. The van der Waals surface area contributed by atoms with Gasteiger partial charge in [0.2, 0.25) is 0 Å². The van der Waals surface area contributed by atoms with Gasteiger partial charge in [-0.3, -0.25) is 15.1 Å². The van der Waals surface area contributed by atoms with Gasteiger partial charge in [-0.2, -0.15) is 0 Å². The van der Waals surface area contributed by atoms with Crippen molar-refractivity contribution in [2.75, 3.05) is 19.1 Å². The molecule has 0 amide bonds. The van der Waals surface area contributed by atoms with Crippen molar-refractivity contribution in [2.45, 2.75) is 25.2 Å². The average molecular weight is 559 g/mol. The summed E-state index contributed by atoms with van der Waals surface area (Å²) in [6, 6.07) is 22.2. The number of rotatable bonds is 5. The summed E-state index contributed by atoms with van der Waals surface area (Å²) in [6.07, 6.45) is 1.72. The van der Waals surface area contributed by atoms with Crippen LogP contribution in [0.4, 0.5) is 5.69 Å². The summed E-state index contributed by atoms with van der Waals surface area (Å²) in [6.45, 7) is 0. The van der Waals surface area contributed by atoms with Crippen LogP contribution >= 0.6 is 15.9 Å². The lowest BCUT2D eigenvalue weighted by Gasteiger charge is -2.42. The highest BCUT2D eigenvalue weighted by atomic mass is 79.9. The molecule has 0 spiro atoms. The van der Waals surface area contributed by atoms with Crippen molar-refractivity contribution in [3.05, 3.63) is 105 Å². The zero-order valence-corrected chi connectivity index (χ0v) is 22.2. The standard InChI is InChI=1S/C30H27BrN2O4/c1-36-21-15-16-25(37-2)23(17-21)33-22-9-6-10-24(34)27(22)26(18-11-13-20(31)14-12-18)28(30(33)32)29(35)19-7-4-3-5-8-19/h3-5,7-8,11-17,26,32,35H,6,9-10H2,1-2H3. The van der Waals surface area contributed by atoms with Gasteiger partial charge >= 0.3 is 0 Å². The van der Waals surface area contributed by atoms with E-state index in [1.807, 2.05) is 42.5 Å². The number of nitrogens with zero attached hydrogens (tertiary/aromatic N) is 1. The van der Waals surface area contributed by atoms with Crippen molar-refractivity contribution in [1.82, 2.24) is 0 Å². The Bertz CT molecular complexity index is 1430. The quantitative estimate of drug-likeness (QED) is 0.328. The molecular weight excluding hydrogens is 532 g/mol. The number of anilines is 1. The van der Waals surface area contributed by atoms with E-state index in [9.17, 15) is 15.3 Å². The number of aliphatic hydroxyl groups is 1. The summed E-state index contributed by atoms with van der Waals surface area (Å²) < 4.78 is 12.1. The van der Waals surface area contributed by atoms with Gasteiger partial charge in [-0.1, -0.05) is 58.4 Å². The topological polar surface area (TPSA) is 82.8 Å². The molecule has 2 aliphatic rings. The molecule has 3 aromatic rings. The lowest BCUT2D eigenvalue weighted by molar-refractivity contribution is -0.116. The molecule has 3 aromatic carbocycles. The van der Waals surface area contributed by atoms with E-state index >= 15 is 0 Å². The number of methoxy groups -OCH3 is 2. The molecule has 1 heterocycles. The van der Waals surface area contributed by atoms with Crippen LogP contribution in [0.15, 0.2) is 94.1 Å². The van der Waals surface area contributed by atoms with Crippen LogP contribution in [0, 0.1) is 5.41 Å². The molecule has 1 atom stereocenters. The molecule has 0 aromatic heterocycles. The van der Waals surface area contributed by atoms with Crippen LogP contribution in [0.5, 0.6) is 11.5 Å². The molecule has 1 aliphatic heterocycles. The third-order valence-electron chi connectivity index (χ3n) is 6.89. The van der Waals surface area contributed by atoms with Gasteiger partial charge in [-0.05, 0) is 42.7 Å². The van der Waals surface area contributed by atoms with Crippen molar-refractivity contribution >= 4 is 39.0 Å². The summed E-state index contributed by atoms with van der Waals surface area (Å²) in [5, 5.41) is 21.2. The highest BCUT2D eigenvalue weighted by Crippen LogP contribution is 2.49. The number of carbonyl (C=O) groups excluding carboxylic acids is 1. The Morgan fingerprint density at radius 1 is 1.00 bits per heavy atom. The molecule has 2 N–H and O–H groups in total. The number of ketones is 1. The summed E-state index contributed by atoms with van der Waals surface area (Å²) in [7, 11) is 3.15. The summed E-state index contributed by atoms with van der Waals surface area (Å²) in [5.74, 6) is 0.629. The Morgan fingerprint density at radius 2 is 1.73 bits per heavy atom. The maximum absolute atomic E-state index is 13.6. The van der Waals surface area contributed by atoms with Crippen LogP contribution in [0.2, 0.25) is 0 Å². The number of hydrogen-bond acceptors (Lipinski definition) is 5. The third kappa shape index (κ3) is 4.44. The second-order valence-corrected chi connectivity index (χ2v) is 9.89. The Labute approximate surface area is 224 Å². The minimum atomic E-state index is -0.587. The van der Waals surface area contributed by atoms with E-state index < -0.39 is 5.92 Å². The van der Waals surface area contributed by atoms with Crippen LogP contribution in [0.25, 0.3) is 5.76 Å². The smallest absolute Gasteiger partial charge is 0.161 e. The van der Waals surface area contributed by atoms with Gasteiger partial charge in [0, 0.05) is 45.3 Å². The van der Waals surface area contributed by atoms with Crippen LogP contribution in [-0.2, 0) is 4.79 Å². The van der Waals surface area contributed by atoms with Gasteiger partial charge in [-0.15, -0.1) is 0 Å². The maximum atomic E-state index is 13.6. The number of carbonyl (C=O) groups is 1. The van der Waals surface area contributed by atoms with E-state index in [-0.39, 0.29) is 17.4 Å². The van der Waals surface area contributed by atoms with Crippen LogP contribution in [0.3, 0.4) is 0 Å². The average Bonchev–Trinajstić information content (AvgIpc) is 2.93. The van der Waals surface area contributed by atoms with Gasteiger partial charge in [0.05, 0.1) is 19.9 Å². The van der Waals surface area contributed by atoms with E-state index in [0.717, 1.165) is 15.7 Å². The fraction of sp³-hybridized carbons (Fsp3) is 0.200. The Kier molecular flexibility index (Phi) is 6.89. The molecule has 0 bridgehead atoms. The Morgan fingerprint density at radius 3 is 2.41 bits per heavy atom. The summed E-state index contributed by atoms with van der Waals surface area (Å²) in [4.78, 5) is 15.4. The van der Waals surface area contributed by atoms with E-state index in [1.54, 1.807) is 49.5 Å². The highest BCUT2D eigenvalue weighted by molar-refractivity contribution is 9.10. The van der Waals surface area contributed by atoms with E-state index in [1.165, 1.54) is 0 Å². The third-order valence-corrected chi connectivity index (χ3v) is 7.42. The first-order valence-electron chi connectivity index (χ1n) is 12.1. The zero-order valence-electron chi connectivity index (χ0n) is 20.6. The van der Waals surface area contributed by atoms with Crippen molar-refractivity contribution in [3.63, 3.8) is 0 Å². The molecule has 1 unspecified atom stereocenters. The monoisotopic (exact) mass is 558 g/mol. The van der Waals surface area contributed by atoms with E-state index in [4.69, 9.17) is 9.47 Å². The summed E-state index contributed by atoms with van der Waals surface area (Å²) >= 11 is 3.50. The molecular formula is C30H27BrN2O4. The molecule has 1 aliphatic carbocycles. The molecule has 0 fully saturated rings. The predicted octanol–water partition coefficient (Wildman–Crippen LogP) is 7.02. The number of aliphatic hydroxyl groups excluding tert-OH is 1. The van der Waals surface area contributed by atoms with Crippen molar-refractivity contribution in [3.8, 4) is 11.5 Å². The van der Waals surface area contributed by atoms with Crippen LogP contribution in [-0.4, -0.2) is 30.9 Å². The largest absolute Gasteiger partial charge is 0.507 e. The minimum Gasteiger partial charge on any atom is -0.507 e. The zero-order chi connectivity index (χ0) is 26.1. The SMILES string of the molecule is COc1ccc(OC)c(N2C(=N)C(=C(O)c3ccccc3)C(c3ccc(Br)cc3)C3=C2CCCC3=O)c1. The fourth-order valence-corrected chi connectivity index (χ4v) is 5.43. The second-order valence-electron chi connectivity index (χ2n) is 8.97. The highest BCUT2D eigenvalue weighted by Gasteiger charge is 2.43. The maximum Gasteiger partial charge on any atom is 0.161 e. The van der Waals surface area contributed by atoms with Crippen LogP contribution < -0.4 is 14.4 Å². The van der Waals surface area contributed by atoms with Gasteiger partial charge < -0.3 is 14.6 Å². The molecule has 0 saturated heterocycles. The second kappa shape index (κ2) is 10.3. The van der Waals surface area contributed by atoms with Crippen molar-refractivity contribution < 1.29 is 19.4 Å². The fourth-order valence-electron chi connectivity index (χ4n) is 5.17. The minimum absolute atomic E-state index is 0.0203. The van der Waals surface area contributed by atoms with Gasteiger partial charge in [0.25, 0.3) is 0 Å². The number of nitrogens with one attached hydrogen (secondary N) is 1. The number of benzene rings is 3. The number of ether oxygens (including phenoxy) is 2. The number of hydrogen-bond donors (Lipinski definition) is 2. The van der Waals surface area contributed by atoms with E-state index in [2.05, 4.69) is 15.9 Å². The number of halogens is 1. The molecule has 7 heteroatoms. The molecule has 37 heavy (non-hydrogen) atoms. The molecule has 0 saturated carbocycles.